The average molecular weight is 1520 g/mol. The second-order valence-electron chi connectivity index (χ2n) is 28.1. The summed E-state index contributed by atoms with van der Waals surface area (Å²) < 4.78 is 67.5. The number of esters is 3. The summed E-state index contributed by atoms with van der Waals surface area (Å²) in [7, 11) is 4.03. The zero-order valence-electron chi connectivity index (χ0n) is 65.7. The van der Waals surface area contributed by atoms with Crippen LogP contribution in [-0.4, -0.2) is 278 Å². The van der Waals surface area contributed by atoms with Gasteiger partial charge in [-0.25, -0.2) is 19.2 Å². The Kier molecular flexibility index (Phi) is 40.2. The Morgan fingerprint density at radius 2 is 0.688 bits per heavy atom. The summed E-state index contributed by atoms with van der Waals surface area (Å²) in [4.78, 5) is 106. The van der Waals surface area contributed by atoms with Gasteiger partial charge in [-0.1, -0.05) is 133 Å². The highest BCUT2D eigenvalue weighted by molar-refractivity contribution is 5.77. The molecule has 1 N–H and O–H groups in total. The van der Waals surface area contributed by atoms with E-state index in [1.807, 2.05) is 209 Å². The van der Waals surface area contributed by atoms with Gasteiger partial charge in [0.15, 0.2) is 0 Å². The molecule has 600 valence electrons. The Balaban J connectivity index is 0.000000372. The molecule has 0 spiro atoms. The average Bonchev–Trinajstić information content (AvgIpc) is 0.860. The molecule has 0 radical (unpaired) electrons. The fraction of sp³-hybridized carbons (Fsp3) is 0.549. The van der Waals surface area contributed by atoms with Gasteiger partial charge in [-0.2, -0.15) is 0 Å². The molecule has 2 aliphatic rings. The molecular weight excluding hydrogens is 1400 g/mol. The van der Waals surface area contributed by atoms with E-state index >= 15 is 0 Å². The lowest BCUT2D eigenvalue weighted by atomic mass is 10.0. The van der Waals surface area contributed by atoms with Crippen LogP contribution in [0.3, 0.4) is 0 Å². The Bertz CT molecular complexity index is 3270. The van der Waals surface area contributed by atoms with Crippen LogP contribution in [0.4, 0.5) is 19.2 Å². The minimum atomic E-state index is -0.846. The number of hydrogen-bond donors (Lipinski definition) is 1. The summed E-state index contributed by atoms with van der Waals surface area (Å²) in [6.45, 7) is 21.2. The smallest absolute Gasteiger partial charge is 0.410 e. The normalized spacial score (nSPS) is 15.8. The predicted octanol–water partition coefficient (Wildman–Crippen LogP) is 9.76. The summed E-state index contributed by atoms with van der Waals surface area (Å²) in [5, 5.41) is 3.31. The zero-order chi connectivity index (χ0) is 78.7. The van der Waals surface area contributed by atoms with Crippen LogP contribution in [0.25, 0.3) is 0 Å². The van der Waals surface area contributed by atoms with Crippen molar-refractivity contribution in [2.75, 3.05) is 172 Å². The number of carbonyl (C=O) groups is 7. The second-order valence-corrected chi connectivity index (χ2v) is 28.1. The van der Waals surface area contributed by atoms with Crippen molar-refractivity contribution in [1.82, 2.24) is 39.6 Å². The first-order valence-corrected chi connectivity index (χ1v) is 37.7. The van der Waals surface area contributed by atoms with Gasteiger partial charge in [-0.3, -0.25) is 29.1 Å². The minimum absolute atomic E-state index is 0.0186. The van der Waals surface area contributed by atoms with Crippen molar-refractivity contribution in [3.8, 4) is 5.75 Å². The lowest BCUT2D eigenvalue weighted by Gasteiger charge is -2.38. The Morgan fingerprint density at radius 3 is 1.02 bits per heavy atom. The molecule has 5 aromatic carbocycles. The van der Waals surface area contributed by atoms with Gasteiger partial charge in [0.05, 0.1) is 65.6 Å². The van der Waals surface area contributed by atoms with Crippen molar-refractivity contribution in [3.05, 3.63) is 173 Å². The number of benzene rings is 5. The topological polar surface area (TPSA) is 265 Å². The van der Waals surface area contributed by atoms with Gasteiger partial charge in [0.1, 0.15) is 56.9 Å². The number of nitrogens with zero attached hydrogens (tertiary/aromatic N) is 7. The maximum absolute atomic E-state index is 14.0. The maximum Gasteiger partial charge on any atom is 0.410 e. The van der Waals surface area contributed by atoms with E-state index in [0.717, 1.165) is 33.6 Å². The first kappa shape index (κ1) is 89.0. The van der Waals surface area contributed by atoms with Crippen LogP contribution in [0.1, 0.15) is 89.1 Å². The third kappa shape index (κ3) is 34.7. The molecular formula is C82H118N8O19. The number of amides is 4. The van der Waals surface area contributed by atoms with Gasteiger partial charge in [0, 0.05) is 111 Å². The number of carbonyl (C=O) groups excluding carboxylic acids is 7. The van der Waals surface area contributed by atoms with Gasteiger partial charge >= 0.3 is 42.3 Å². The molecule has 3 atom stereocenters. The van der Waals surface area contributed by atoms with Crippen LogP contribution in [0, 0.1) is 0 Å². The standard InChI is InChI=1S/C50H72N4O12.C32H46N4O7/c1-7-61-33-34-62-35-36-63-43-23-21-40(22-24-43)19-14-20-44(46(55)59-5)51-25-29-53(48(57)64-37-41-15-10-8-11-16-41)31-27-52(45(47(56)60-6)39-66-50(2,3)4)28-32-54(30-26-51)49(58)65-38-42-17-12-9-13-18-42;1-32(2,3)43-25-28(29(37)40-4)34-19-21-35(30(38)41-23-26-11-7-5-8-12-26)17-15-33-16-18-36(22-20-34)31(39)42-24-27-13-9-6-10-14-27/h8-13,15-18,21-24,44-45H,7,14,19-20,25-39H2,1-6H3;5-14,28,33H,15-25H2,1-4H3/t44-,45+;28-/m01/s1. The molecule has 5 aromatic rings. The SMILES string of the molecule is CCOCCOCCOc1ccc(CCC[C@@H](C(=O)OC)N2CCN(C(=O)OCc3ccccc3)CCN([C@H](COC(C)(C)C)C(=O)OC)CCN(C(=O)OCc3ccccc3)CC2)cc1.COC(=O)[C@@H](COC(C)(C)C)N1CCN(C(=O)OCc2ccccc2)CCNCCN(C(=O)OCc2ccccc2)CC1. The van der Waals surface area contributed by atoms with Gasteiger partial charge in [-0.05, 0) is 108 Å². The predicted molar refractivity (Wildman–Crippen MR) is 411 cm³/mol. The Labute approximate surface area is 644 Å². The van der Waals surface area contributed by atoms with Crippen LogP contribution >= 0.6 is 0 Å². The molecule has 0 aliphatic carbocycles. The number of aryl methyl sites for hydroxylation is 1. The number of hydrogen-bond acceptors (Lipinski definition) is 23. The van der Waals surface area contributed by atoms with Gasteiger partial charge in [-0.15, -0.1) is 0 Å². The maximum atomic E-state index is 14.0. The van der Waals surface area contributed by atoms with E-state index in [1.165, 1.54) is 21.3 Å². The van der Waals surface area contributed by atoms with Crippen LogP contribution in [0.2, 0.25) is 0 Å². The highest BCUT2D eigenvalue weighted by atomic mass is 16.6. The Hall–Kier alpha value is -8.93. The number of nitrogens with one attached hydrogen (secondary N) is 1. The third-order valence-corrected chi connectivity index (χ3v) is 17.9. The minimum Gasteiger partial charge on any atom is -0.491 e. The molecule has 2 aliphatic heterocycles. The number of ether oxygens (including phenoxy) is 12. The van der Waals surface area contributed by atoms with Gasteiger partial charge < -0.3 is 81.8 Å². The van der Waals surface area contributed by atoms with E-state index in [4.69, 9.17) is 56.8 Å². The molecule has 2 heterocycles. The lowest BCUT2D eigenvalue weighted by Crippen LogP contribution is -2.55. The van der Waals surface area contributed by atoms with Crippen LogP contribution in [-0.2, 0) is 99.3 Å². The monoisotopic (exact) mass is 1520 g/mol. The van der Waals surface area contributed by atoms with Crippen LogP contribution in [0.5, 0.6) is 5.75 Å². The third-order valence-electron chi connectivity index (χ3n) is 17.9. The summed E-state index contributed by atoms with van der Waals surface area (Å²) >= 11 is 0. The molecule has 0 saturated carbocycles. The number of rotatable bonds is 30. The second kappa shape index (κ2) is 49.3. The van der Waals surface area contributed by atoms with Crippen molar-refractivity contribution in [2.45, 2.75) is 123 Å². The fourth-order valence-electron chi connectivity index (χ4n) is 11.7. The first-order chi connectivity index (χ1) is 52.6. The molecule has 2 fully saturated rings. The first-order valence-electron chi connectivity index (χ1n) is 37.7. The molecule has 27 nitrogen and oxygen atoms in total. The summed E-state index contributed by atoms with van der Waals surface area (Å²) in [6.07, 6.45) is -0.172. The summed E-state index contributed by atoms with van der Waals surface area (Å²) in [5.41, 5.74) is 3.50. The highest BCUT2D eigenvalue weighted by Crippen LogP contribution is 2.21. The van der Waals surface area contributed by atoms with Crippen LogP contribution < -0.4 is 10.1 Å². The number of methoxy groups -OCH3 is 3. The van der Waals surface area contributed by atoms with Gasteiger partial charge in [0.2, 0.25) is 0 Å². The Morgan fingerprint density at radius 1 is 0.376 bits per heavy atom. The summed E-state index contributed by atoms with van der Waals surface area (Å²) in [5.74, 6) is -0.639. The quantitative estimate of drug-likeness (QED) is 0.0254. The molecule has 0 bridgehead atoms. The van der Waals surface area contributed by atoms with E-state index < -0.39 is 71.6 Å². The zero-order valence-corrected chi connectivity index (χ0v) is 65.7. The van der Waals surface area contributed by atoms with Crippen LogP contribution in [0.15, 0.2) is 146 Å². The fourth-order valence-corrected chi connectivity index (χ4v) is 11.7. The van der Waals surface area contributed by atoms with E-state index in [2.05, 4.69) is 5.32 Å². The molecule has 4 amide bonds. The molecule has 0 aromatic heterocycles. The van der Waals surface area contributed by atoms with E-state index in [1.54, 1.807) is 19.6 Å². The largest absolute Gasteiger partial charge is 0.491 e. The van der Waals surface area contributed by atoms with E-state index in [9.17, 15) is 33.6 Å². The van der Waals surface area contributed by atoms with Gasteiger partial charge in [0.25, 0.3) is 0 Å². The van der Waals surface area contributed by atoms with E-state index in [0.29, 0.717) is 105 Å². The molecule has 0 unspecified atom stereocenters. The summed E-state index contributed by atoms with van der Waals surface area (Å²) in [6, 6.07) is 43.4. The van der Waals surface area contributed by atoms with E-state index in [-0.39, 0.29) is 92.0 Å². The van der Waals surface area contributed by atoms with Crippen molar-refractivity contribution in [2.24, 2.45) is 0 Å². The van der Waals surface area contributed by atoms with Crippen molar-refractivity contribution in [1.29, 1.82) is 0 Å². The lowest BCUT2D eigenvalue weighted by molar-refractivity contribution is -0.153. The highest BCUT2D eigenvalue weighted by Gasteiger charge is 2.35. The van der Waals surface area contributed by atoms with Crippen molar-refractivity contribution < 1.29 is 90.4 Å². The van der Waals surface area contributed by atoms with Crippen molar-refractivity contribution >= 4 is 42.3 Å². The van der Waals surface area contributed by atoms with Crippen molar-refractivity contribution in [3.63, 3.8) is 0 Å². The molecule has 2 saturated heterocycles. The molecule has 109 heavy (non-hydrogen) atoms. The molecule has 27 heteroatoms. The molecule has 7 rings (SSSR count).